The molecule has 1 aromatic heterocycles. The van der Waals surface area contributed by atoms with Crippen molar-refractivity contribution in [1.29, 1.82) is 0 Å². The van der Waals surface area contributed by atoms with Gasteiger partial charge in [-0.3, -0.25) is 0 Å². The van der Waals surface area contributed by atoms with Crippen LogP contribution in [0.1, 0.15) is 24.2 Å². The lowest BCUT2D eigenvalue weighted by atomic mass is 10.0. The van der Waals surface area contributed by atoms with Crippen LogP contribution < -0.4 is 4.90 Å². The van der Waals surface area contributed by atoms with Crippen LogP contribution >= 0.6 is 0 Å². The number of anilines is 1. The molecule has 0 bridgehead atoms. The standard InChI is InChI=1S/C21H21N3O/c1-15-22-20-14-18(17-6-4-5-16(13-17)9-12-25)7-8-19(20)21(23-15)24-10-2-3-11-24/h4-8,12-14H,2-3,9-11H2,1H3. The van der Waals surface area contributed by atoms with Gasteiger partial charge in [-0.05, 0) is 48.6 Å². The average molecular weight is 331 g/mol. The molecule has 0 atom stereocenters. The van der Waals surface area contributed by atoms with Gasteiger partial charge in [-0.2, -0.15) is 0 Å². The lowest BCUT2D eigenvalue weighted by molar-refractivity contribution is -0.107. The Bertz CT molecular complexity index is 930. The van der Waals surface area contributed by atoms with E-state index in [1.54, 1.807) is 0 Å². The summed E-state index contributed by atoms with van der Waals surface area (Å²) in [5.74, 6) is 1.86. The van der Waals surface area contributed by atoms with E-state index < -0.39 is 0 Å². The van der Waals surface area contributed by atoms with Crippen LogP contribution in [0.2, 0.25) is 0 Å². The van der Waals surface area contributed by atoms with E-state index in [1.165, 1.54) is 12.8 Å². The Morgan fingerprint density at radius 1 is 1.04 bits per heavy atom. The third-order valence-corrected chi connectivity index (χ3v) is 4.77. The first-order valence-electron chi connectivity index (χ1n) is 8.81. The van der Waals surface area contributed by atoms with Crippen molar-refractivity contribution in [2.75, 3.05) is 18.0 Å². The van der Waals surface area contributed by atoms with Gasteiger partial charge >= 0.3 is 0 Å². The Kier molecular flexibility index (Phi) is 4.18. The molecule has 0 N–H and O–H groups in total. The fourth-order valence-electron chi connectivity index (χ4n) is 3.55. The van der Waals surface area contributed by atoms with E-state index in [0.717, 1.165) is 58.6 Å². The SMILES string of the molecule is Cc1nc(N2CCCC2)c2ccc(-c3cccc(CC=O)c3)cc2n1. The smallest absolute Gasteiger partial charge is 0.140 e. The highest BCUT2D eigenvalue weighted by Gasteiger charge is 2.17. The van der Waals surface area contributed by atoms with Crippen molar-refractivity contribution in [2.24, 2.45) is 0 Å². The van der Waals surface area contributed by atoms with Gasteiger partial charge in [0.05, 0.1) is 5.52 Å². The van der Waals surface area contributed by atoms with Crippen LogP contribution in [-0.4, -0.2) is 29.3 Å². The number of hydrogen-bond donors (Lipinski definition) is 0. The summed E-state index contributed by atoms with van der Waals surface area (Å²) in [5.41, 5.74) is 4.24. The monoisotopic (exact) mass is 331 g/mol. The zero-order valence-corrected chi connectivity index (χ0v) is 14.4. The fourth-order valence-corrected chi connectivity index (χ4v) is 3.55. The van der Waals surface area contributed by atoms with Gasteiger partial charge in [-0.1, -0.05) is 30.3 Å². The summed E-state index contributed by atoms with van der Waals surface area (Å²) < 4.78 is 0. The van der Waals surface area contributed by atoms with Crippen molar-refractivity contribution in [2.45, 2.75) is 26.2 Å². The molecule has 0 spiro atoms. The topological polar surface area (TPSA) is 46.1 Å². The van der Waals surface area contributed by atoms with E-state index >= 15 is 0 Å². The molecule has 0 saturated carbocycles. The van der Waals surface area contributed by atoms with Gasteiger partial charge in [0.1, 0.15) is 17.9 Å². The van der Waals surface area contributed by atoms with Crippen molar-refractivity contribution in [3.63, 3.8) is 0 Å². The summed E-state index contributed by atoms with van der Waals surface area (Å²) in [6, 6.07) is 14.5. The second-order valence-corrected chi connectivity index (χ2v) is 6.59. The zero-order valence-electron chi connectivity index (χ0n) is 14.4. The Labute approximate surface area is 147 Å². The molecular formula is C21H21N3O. The number of fused-ring (bicyclic) bond motifs is 1. The fraction of sp³-hybridized carbons (Fsp3) is 0.286. The van der Waals surface area contributed by atoms with Gasteiger partial charge in [-0.25, -0.2) is 9.97 Å². The molecule has 2 heterocycles. The Morgan fingerprint density at radius 3 is 2.64 bits per heavy atom. The molecule has 2 aromatic carbocycles. The highest BCUT2D eigenvalue weighted by Crippen LogP contribution is 2.30. The lowest BCUT2D eigenvalue weighted by Gasteiger charge is -2.19. The van der Waals surface area contributed by atoms with Gasteiger partial charge in [0, 0.05) is 24.9 Å². The van der Waals surface area contributed by atoms with Crippen LogP contribution in [0.4, 0.5) is 5.82 Å². The van der Waals surface area contributed by atoms with Crippen LogP contribution in [0, 0.1) is 6.92 Å². The first kappa shape index (κ1) is 15.8. The van der Waals surface area contributed by atoms with Crippen molar-refractivity contribution in [3.05, 3.63) is 53.9 Å². The molecule has 4 rings (SSSR count). The molecule has 126 valence electrons. The minimum Gasteiger partial charge on any atom is -0.356 e. The normalized spacial score (nSPS) is 14.2. The maximum atomic E-state index is 10.8. The number of hydrogen-bond acceptors (Lipinski definition) is 4. The molecule has 0 unspecified atom stereocenters. The van der Waals surface area contributed by atoms with E-state index in [4.69, 9.17) is 4.98 Å². The number of aromatic nitrogens is 2. The van der Waals surface area contributed by atoms with E-state index in [9.17, 15) is 4.79 Å². The van der Waals surface area contributed by atoms with Gasteiger partial charge in [0.15, 0.2) is 0 Å². The molecule has 25 heavy (non-hydrogen) atoms. The summed E-state index contributed by atoms with van der Waals surface area (Å²) in [6.45, 7) is 4.10. The van der Waals surface area contributed by atoms with Crippen molar-refractivity contribution < 1.29 is 4.79 Å². The molecule has 0 amide bonds. The highest BCUT2D eigenvalue weighted by atomic mass is 16.1. The summed E-state index contributed by atoms with van der Waals surface area (Å²) in [6.07, 6.45) is 3.85. The van der Waals surface area contributed by atoms with Gasteiger partial charge < -0.3 is 9.69 Å². The minimum absolute atomic E-state index is 0.446. The summed E-state index contributed by atoms with van der Waals surface area (Å²) >= 11 is 0. The Balaban J connectivity index is 1.80. The number of benzene rings is 2. The third kappa shape index (κ3) is 3.12. The number of aldehydes is 1. The first-order valence-corrected chi connectivity index (χ1v) is 8.81. The Hall–Kier alpha value is -2.75. The van der Waals surface area contributed by atoms with Crippen LogP contribution in [0.3, 0.4) is 0 Å². The molecule has 1 aliphatic heterocycles. The molecule has 4 heteroatoms. The molecule has 3 aromatic rings. The van der Waals surface area contributed by atoms with Crippen molar-refractivity contribution >= 4 is 23.0 Å². The van der Waals surface area contributed by atoms with E-state index in [1.807, 2.05) is 19.1 Å². The minimum atomic E-state index is 0.446. The van der Waals surface area contributed by atoms with Crippen molar-refractivity contribution in [3.8, 4) is 11.1 Å². The van der Waals surface area contributed by atoms with Crippen molar-refractivity contribution in [1.82, 2.24) is 9.97 Å². The van der Waals surface area contributed by atoms with Crippen LogP contribution in [0.15, 0.2) is 42.5 Å². The zero-order chi connectivity index (χ0) is 17.2. The number of rotatable bonds is 4. The van der Waals surface area contributed by atoms with E-state index in [0.29, 0.717) is 6.42 Å². The lowest BCUT2D eigenvalue weighted by Crippen LogP contribution is -2.20. The summed E-state index contributed by atoms with van der Waals surface area (Å²) in [5, 5.41) is 1.11. The quantitative estimate of drug-likeness (QED) is 0.679. The molecule has 0 radical (unpaired) electrons. The highest BCUT2D eigenvalue weighted by molar-refractivity contribution is 5.92. The molecule has 1 saturated heterocycles. The predicted octanol–water partition coefficient (Wildman–Crippen LogP) is 3.95. The molecule has 1 aliphatic rings. The largest absolute Gasteiger partial charge is 0.356 e. The third-order valence-electron chi connectivity index (χ3n) is 4.77. The molecule has 0 aliphatic carbocycles. The number of carbonyl (C=O) groups excluding carboxylic acids is 1. The first-order chi connectivity index (χ1) is 12.2. The van der Waals surface area contributed by atoms with E-state index in [2.05, 4.69) is 40.2 Å². The van der Waals surface area contributed by atoms with Crippen LogP contribution in [0.5, 0.6) is 0 Å². The molecule has 4 nitrogen and oxygen atoms in total. The number of aryl methyl sites for hydroxylation is 1. The number of nitrogens with zero attached hydrogens (tertiary/aromatic N) is 3. The van der Waals surface area contributed by atoms with Crippen LogP contribution in [-0.2, 0) is 11.2 Å². The summed E-state index contributed by atoms with van der Waals surface area (Å²) in [4.78, 5) is 22.5. The second-order valence-electron chi connectivity index (χ2n) is 6.59. The van der Waals surface area contributed by atoms with Gasteiger partial charge in [-0.15, -0.1) is 0 Å². The van der Waals surface area contributed by atoms with Gasteiger partial charge in [0.25, 0.3) is 0 Å². The molecular weight excluding hydrogens is 310 g/mol. The summed E-state index contributed by atoms with van der Waals surface area (Å²) in [7, 11) is 0. The Morgan fingerprint density at radius 2 is 1.84 bits per heavy atom. The predicted molar refractivity (Wildman–Crippen MR) is 101 cm³/mol. The average Bonchev–Trinajstić information content (AvgIpc) is 3.15. The van der Waals surface area contributed by atoms with Gasteiger partial charge in [0.2, 0.25) is 0 Å². The number of carbonyl (C=O) groups is 1. The van der Waals surface area contributed by atoms with Crippen LogP contribution in [0.25, 0.3) is 22.0 Å². The van der Waals surface area contributed by atoms with E-state index in [-0.39, 0.29) is 0 Å². The molecule has 1 fully saturated rings. The maximum Gasteiger partial charge on any atom is 0.140 e. The second kappa shape index (κ2) is 6.63. The maximum absolute atomic E-state index is 10.8.